The minimum Gasteiger partial charge on any atom is -0.445 e. The van der Waals surface area contributed by atoms with Gasteiger partial charge >= 0.3 is 6.09 Å². The molecule has 1 saturated heterocycles. The van der Waals surface area contributed by atoms with Crippen LogP contribution in [-0.4, -0.2) is 46.1 Å². The number of ether oxygens (including phenoxy) is 1. The number of nitrogens with zero attached hydrogens (tertiary/aromatic N) is 2. The number of likely N-dealkylation sites (tertiary alicyclic amines) is 1. The van der Waals surface area contributed by atoms with Gasteiger partial charge in [-0.15, -0.1) is 0 Å². The van der Waals surface area contributed by atoms with Crippen LogP contribution in [0.25, 0.3) is 10.9 Å². The van der Waals surface area contributed by atoms with Crippen LogP contribution in [0.4, 0.5) is 4.79 Å². The number of carbonyl (C=O) groups is 2. The summed E-state index contributed by atoms with van der Waals surface area (Å²) in [6.07, 6.45) is 8.38. The first kappa shape index (κ1) is 23.4. The van der Waals surface area contributed by atoms with E-state index in [-0.39, 0.29) is 24.2 Å². The van der Waals surface area contributed by atoms with Gasteiger partial charge < -0.3 is 24.5 Å². The molecular formula is C26H30N4O4. The molecule has 1 unspecified atom stereocenters. The normalized spacial score (nSPS) is 15.8. The second-order valence-corrected chi connectivity index (χ2v) is 8.52. The molecule has 2 N–H and O–H groups in total. The lowest BCUT2D eigenvalue weighted by molar-refractivity contribution is 0.0948. The van der Waals surface area contributed by atoms with Crippen LogP contribution in [0.2, 0.25) is 0 Å². The number of hydrogen-bond donors (Lipinski definition) is 2. The molecule has 0 bridgehead atoms. The molecule has 2 amide bonds. The number of aromatic nitrogens is 2. The number of benzene rings is 1. The second-order valence-electron chi connectivity index (χ2n) is 8.52. The molecule has 1 atom stereocenters. The van der Waals surface area contributed by atoms with E-state index in [0.717, 1.165) is 18.4 Å². The largest absolute Gasteiger partial charge is 0.445 e. The van der Waals surface area contributed by atoms with Gasteiger partial charge in [0, 0.05) is 44.0 Å². The molecule has 0 aliphatic carbocycles. The molecule has 3 aromatic rings. The zero-order valence-electron chi connectivity index (χ0n) is 19.3. The van der Waals surface area contributed by atoms with Crippen molar-refractivity contribution in [2.75, 3.05) is 19.6 Å². The standard InChI is InChI=1S/C26H30N4O4/c1-2-3-14-29-17-22(21-10-13-27-23(21)25(29)32)24(31)28-12-9-19-11-15-30(16-19)26(33)34-18-20-7-5-4-6-8-20/h2-8,10,13,17,19,27H,9,11-12,14-16,18H2,1H3,(H,28,31)/b3-2+. The zero-order valence-corrected chi connectivity index (χ0v) is 19.3. The van der Waals surface area contributed by atoms with E-state index in [0.29, 0.717) is 48.6 Å². The van der Waals surface area contributed by atoms with Crippen molar-refractivity contribution in [3.05, 3.63) is 82.4 Å². The molecule has 3 heterocycles. The van der Waals surface area contributed by atoms with Crippen molar-refractivity contribution in [2.24, 2.45) is 5.92 Å². The predicted octanol–water partition coefficient (Wildman–Crippen LogP) is 3.68. The maximum absolute atomic E-state index is 12.9. The number of amides is 2. The fourth-order valence-electron chi connectivity index (χ4n) is 4.26. The number of H-pyrrole nitrogens is 1. The van der Waals surface area contributed by atoms with Crippen LogP contribution in [-0.2, 0) is 17.9 Å². The van der Waals surface area contributed by atoms with Crippen molar-refractivity contribution in [1.82, 2.24) is 19.8 Å². The van der Waals surface area contributed by atoms with Gasteiger partial charge in [0.1, 0.15) is 12.1 Å². The molecular weight excluding hydrogens is 432 g/mol. The Balaban J connectivity index is 1.29. The molecule has 34 heavy (non-hydrogen) atoms. The van der Waals surface area contributed by atoms with Crippen LogP contribution in [0.3, 0.4) is 0 Å². The maximum Gasteiger partial charge on any atom is 0.410 e. The van der Waals surface area contributed by atoms with Crippen molar-refractivity contribution in [3.63, 3.8) is 0 Å². The monoisotopic (exact) mass is 462 g/mol. The lowest BCUT2D eigenvalue weighted by Crippen LogP contribution is -2.31. The highest BCUT2D eigenvalue weighted by atomic mass is 16.6. The fourth-order valence-corrected chi connectivity index (χ4v) is 4.26. The highest BCUT2D eigenvalue weighted by Crippen LogP contribution is 2.20. The Bertz CT molecular complexity index is 1230. The summed E-state index contributed by atoms with van der Waals surface area (Å²) in [7, 11) is 0. The number of hydrogen-bond acceptors (Lipinski definition) is 4. The van der Waals surface area contributed by atoms with Crippen LogP contribution in [0.15, 0.2) is 65.7 Å². The SMILES string of the molecule is C/C=C/Cn1cc(C(=O)NCCC2CCN(C(=O)OCc3ccccc3)C2)c2cc[nH]c2c1=O. The fraction of sp³-hybridized carbons (Fsp3) is 0.346. The first-order chi connectivity index (χ1) is 16.6. The lowest BCUT2D eigenvalue weighted by atomic mass is 10.1. The minimum atomic E-state index is -0.298. The van der Waals surface area contributed by atoms with E-state index in [1.165, 1.54) is 4.57 Å². The summed E-state index contributed by atoms with van der Waals surface area (Å²) in [5.74, 6) is 0.0939. The molecule has 1 aromatic carbocycles. The van der Waals surface area contributed by atoms with Gasteiger partial charge in [-0.3, -0.25) is 9.59 Å². The topological polar surface area (TPSA) is 96.4 Å². The summed E-state index contributed by atoms with van der Waals surface area (Å²) in [5, 5.41) is 3.60. The average Bonchev–Trinajstić information content (AvgIpc) is 3.53. The van der Waals surface area contributed by atoms with E-state index < -0.39 is 0 Å². The van der Waals surface area contributed by atoms with Crippen LogP contribution in [0.5, 0.6) is 0 Å². The van der Waals surface area contributed by atoms with Gasteiger partial charge in [0.15, 0.2) is 0 Å². The van der Waals surface area contributed by atoms with E-state index in [1.54, 1.807) is 23.4 Å². The van der Waals surface area contributed by atoms with Gasteiger partial charge in [0.05, 0.1) is 5.56 Å². The van der Waals surface area contributed by atoms with E-state index >= 15 is 0 Å². The molecule has 2 aromatic heterocycles. The number of rotatable bonds is 8. The van der Waals surface area contributed by atoms with Gasteiger partial charge in [-0.25, -0.2) is 4.79 Å². The summed E-state index contributed by atoms with van der Waals surface area (Å²) in [5.41, 5.74) is 1.71. The van der Waals surface area contributed by atoms with Gasteiger partial charge in [0.2, 0.25) is 0 Å². The van der Waals surface area contributed by atoms with Gasteiger partial charge in [-0.05, 0) is 37.3 Å². The molecule has 0 saturated carbocycles. The van der Waals surface area contributed by atoms with Crippen LogP contribution < -0.4 is 10.9 Å². The van der Waals surface area contributed by atoms with Crippen molar-refractivity contribution >= 4 is 22.9 Å². The molecule has 8 nitrogen and oxygen atoms in total. The quantitative estimate of drug-likeness (QED) is 0.499. The molecule has 1 fully saturated rings. The van der Waals surface area contributed by atoms with Gasteiger partial charge in [-0.1, -0.05) is 42.5 Å². The Labute approximate surface area is 198 Å². The van der Waals surface area contributed by atoms with Crippen molar-refractivity contribution in [2.45, 2.75) is 32.9 Å². The molecule has 0 radical (unpaired) electrons. The number of carbonyl (C=O) groups excluding carboxylic acids is 2. The summed E-state index contributed by atoms with van der Waals surface area (Å²) in [4.78, 5) is 42.6. The third kappa shape index (κ3) is 5.39. The zero-order chi connectivity index (χ0) is 23.9. The first-order valence-electron chi connectivity index (χ1n) is 11.6. The van der Waals surface area contributed by atoms with E-state index in [1.807, 2.05) is 49.4 Å². The number of nitrogens with one attached hydrogen (secondary N) is 2. The van der Waals surface area contributed by atoms with E-state index in [4.69, 9.17) is 4.74 Å². The maximum atomic E-state index is 12.9. The molecule has 1 aliphatic heterocycles. The van der Waals surface area contributed by atoms with Crippen LogP contribution >= 0.6 is 0 Å². The van der Waals surface area contributed by atoms with E-state index in [9.17, 15) is 14.4 Å². The van der Waals surface area contributed by atoms with Crippen LogP contribution in [0.1, 0.15) is 35.7 Å². The van der Waals surface area contributed by atoms with E-state index in [2.05, 4.69) is 10.3 Å². The predicted molar refractivity (Wildman–Crippen MR) is 131 cm³/mol. The number of aromatic amines is 1. The Morgan fingerprint density at radius 3 is 2.85 bits per heavy atom. The first-order valence-corrected chi connectivity index (χ1v) is 11.6. The lowest BCUT2D eigenvalue weighted by Gasteiger charge is -2.16. The van der Waals surface area contributed by atoms with Crippen molar-refractivity contribution < 1.29 is 14.3 Å². The smallest absolute Gasteiger partial charge is 0.410 e. The summed E-state index contributed by atoms with van der Waals surface area (Å²) in [6, 6.07) is 11.4. The number of pyridine rings is 1. The van der Waals surface area contributed by atoms with Crippen molar-refractivity contribution in [1.29, 1.82) is 0 Å². The van der Waals surface area contributed by atoms with Gasteiger partial charge in [0.25, 0.3) is 11.5 Å². The molecule has 0 spiro atoms. The van der Waals surface area contributed by atoms with Crippen molar-refractivity contribution in [3.8, 4) is 0 Å². The van der Waals surface area contributed by atoms with Gasteiger partial charge in [-0.2, -0.15) is 0 Å². The number of fused-ring (bicyclic) bond motifs is 1. The summed E-state index contributed by atoms with van der Waals surface area (Å²) >= 11 is 0. The Morgan fingerprint density at radius 1 is 1.24 bits per heavy atom. The third-order valence-electron chi connectivity index (χ3n) is 6.17. The number of allylic oxidation sites excluding steroid dienone is 2. The highest BCUT2D eigenvalue weighted by molar-refractivity contribution is 6.05. The third-order valence-corrected chi connectivity index (χ3v) is 6.17. The average molecular weight is 463 g/mol. The second kappa shape index (κ2) is 10.9. The molecule has 8 heteroatoms. The molecule has 4 rings (SSSR count). The summed E-state index contributed by atoms with van der Waals surface area (Å²) in [6.45, 7) is 4.34. The molecule has 178 valence electrons. The Hall–Kier alpha value is -3.81. The van der Waals surface area contributed by atoms with Crippen LogP contribution in [0, 0.1) is 5.92 Å². The molecule has 1 aliphatic rings. The summed E-state index contributed by atoms with van der Waals surface area (Å²) < 4.78 is 6.96. The minimum absolute atomic E-state index is 0.153. The Kier molecular flexibility index (Phi) is 7.47. The highest BCUT2D eigenvalue weighted by Gasteiger charge is 2.27. The Morgan fingerprint density at radius 2 is 2.06 bits per heavy atom.